The van der Waals surface area contributed by atoms with Gasteiger partial charge in [0.2, 0.25) is 5.91 Å². The molecule has 0 radical (unpaired) electrons. The number of nitrogens with zero attached hydrogens (tertiary/aromatic N) is 1. The van der Waals surface area contributed by atoms with E-state index in [0.717, 1.165) is 12.1 Å². The van der Waals surface area contributed by atoms with Crippen molar-refractivity contribution in [3.63, 3.8) is 0 Å². The number of hydrogen-bond donors (Lipinski definition) is 2. The van der Waals surface area contributed by atoms with Crippen LogP contribution in [0.1, 0.15) is 13.0 Å². The first-order valence-electron chi connectivity index (χ1n) is 5.26. The number of halogens is 2. The maximum absolute atomic E-state index is 13.6. The van der Waals surface area contributed by atoms with E-state index in [-0.39, 0.29) is 21.7 Å². The van der Waals surface area contributed by atoms with Gasteiger partial charge in [0.15, 0.2) is 10.6 Å². The third-order valence-corrected chi connectivity index (χ3v) is 3.06. The molecule has 0 aliphatic carbocycles. The normalized spacial score (nSPS) is 12.7. The molecule has 2 aromatic rings. The second-order valence-electron chi connectivity index (χ2n) is 3.87. The standard InChI is InChI=1S/C11H11F2N3OS/c1-5(10(17)14-2)16-8-4-6(12)3-7(13)9(8)15-11(16)18/h3-5H,1-2H3,(H,14,17)(H,15,18). The smallest absolute Gasteiger partial charge is 0.242 e. The van der Waals surface area contributed by atoms with Crippen LogP contribution in [0.4, 0.5) is 8.78 Å². The molecule has 0 saturated carbocycles. The van der Waals surface area contributed by atoms with Crippen molar-refractivity contribution in [1.29, 1.82) is 0 Å². The molecule has 1 aromatic heterocycles. The van der Waals surface area contributed by atoms with Crippen LogP contribution in [0.25, 0.3) is 11.0 Å². The van der Waals surface area contributed by atoms with Crippen molar-refractivity contribution in [2.24, 2.45) is 0 Å². The van der Waals surface area contributed by atoms with Gasteiger partial charge in [0.05, 0.1) is 5.52 Å². The number of aromatic nitrogens is 2. The van der Waals surface area contributed by atoms with Crippen LogP contribution in [0.3, 0.4) is 0 Å². The number of carbonyl (C=O) groups is 1. The summed E-state index contributed by atoms with van der Waals surface area (Å²) in [5, 5.41) is 2.47. The van der Waals surface area contributed by atoms with E-state index in [2.05, 4.69) is 10.3 Å². The Hall–Kier alpha value is -1.76. The summed E-state index contributed by atoms with van der Waals surface area (Å²) in [7, 11) is 1.48. The Balaban J connectivity index is 2.75. The van der Waals surface area contributed by atoms with Crippen LogP contribution in [-0.2, 0) is 4.79 Å². The summed E-state index contributed by atoms with van der Waals surface area (Å²) in [6, 6.07) is 1.25. The van der Waals surface area contributed by atoms with E-state index >= 15 is 0 Å². The average Bonchev–Trinajstić information content (AvgIpc) is 2.64. The van der Waals surface area contributed by atoms with Crippen LogP contribution in [-0.4, -0.2) is 22.5 Å². The van der Waals surface area contributed by atoms with Crippen LogP contribution in [0.5, 0.6) is 0 Å². The first-order chi connectivity index (χ1) is 8.45. The Morgan fingerprint density at radius 2 is 2.17 bits per heavy atom. The van der Waals surface area contributed by atoms with Gasteiger partial charge in [-0.25, -0.2) is 8.78 Å². The minimum atomic E-state index is -0.737. The highest BCUT2D eigenvalue weighted by molar-refractivity contribution is 7.71. The fourth-order valence-corrected chi connectivity index (χ4v) is 2.22. The number of amides is 1. The van der Waals surface area contributed by atoms with Crippen LogP contribution in [0, 0.1) is 16.4 Å². The molecule has 4 nitrogen and oxygen atoms in total. The molecule has 1 atom stereocenters. The van der Waals surface area contributed by atoms with Crippen molar-refractivity contribution < 1.29 is 13.6 Å². The lowest BCUT2D eigenvalue weighted by molar-refractivity contribution is -0.123. The van der Waals surface area contributed by atoms with E-state index in [4.69, 9.17) is 12.2 Å². The summed E-state index contributed by atoms with van der Waals surface area (Å²) < 4.78 is 28.3. The maximum Gasteiger partial charge on any atom is 0.242 e. The molecular weight excluding hydrogens is 260 g/mol. The van der Waals surface area contributed by atoms with Crippen LogP contribution < -0.4 is 5.32 Å². The molecule has 1 amide bonds. The number of carbonyl (C=O) groups excluding carboxylic acids is 1. The molecule has 0 aliphatic heterocycles. The Labute approximate surface area is 107 Å². The number of imidazole rings is 1. The lowest BCUT2D eigenvalue weighted by atomic mass is 10.2. The first kappa shape index (κ1) is 12.7. The summed E-state index contributed by atoms with van der Waals surface area (Å²) in [4.78, 5) is 14.2. The van der Waals surface area contributed by atoms with Crippen molar-refractivity contribution in [3.8, 4) is 0 Å². The number of rotatable bonds is 2. The monoisotopic (exact) mass is 271 g/mol. The van der Waals surface area contributed by atoms with Gasteiger partial charge in [-0.15, -0.1) is 0 Å². The van der Waals surface area contributed by atoms with E-state index in [1.807, 2.05) is 0 Å². The van der Waals surface area contributed by atoms with Gasteiger partial charge in [-0.2, -0.15) is 0 Å². The zero-order valence-corrected chi connectivity index (χ0v) is 10.6. The molecule has 1 heterocycles. The average molecular weight is 271 g/mol. The first-order valence-corrected chi connectivity index (χ1v) is 5.67. The molecule has 0 bridgehead atoms. The predicted molar refractivity (Wildman–Crippen MR) is 65.8 cm³/mol. The second-order valence-corrected chi connectivity index (χ2v) is 4.26. The number of benzene rings is 1. The van der Waals surface area contributed by atoms with Crippen molar-refractivity contribution >= 4 is 29.2 Å². The largest absolute Gasteiger partial charge is 0.357 e. The highest BCUT2D eigenvalue weighted by Gasteiger charge is 2.19. The SMILES string of the molecule is CNC(=O)C(C)n1c(=S)[nH]c2c(F)cc(F)cc21. The zero-order chi connectivity index (χ0) is 13.4. The van der Waals surface area contributed by atoms with Gasteiger partial charge in [-0.05, 0) is 25.2 Å². The highest BCUT2D eigenvalue weighted by atomic mass is 32.1. The molecule has 2 rings (SSSR count). The van der Waals surface area contributed by atoms with Crippen molar-refractivity contribution in [2.75, 3.05) is 7.05 Å². The molecule has 96 valence electrons. The van der Waals surface area contributed by atoms with Crippen LogP contribution in [0.15, 0.2) is 12.1 Å². The summed E-state index contributed by atoms with van der Waals surface area (Å²) in [6.07, 6.45) is 0. The van der Waals surface area contributed by atoms with Crippen molar-refractivity contribution in [1.82, 2.24) is 14.9 Å². The zero-order valence-electron chi connectivity index (χ0n) is 9.75. The molecule has 2 N–H and O–H groups in total. The summed E-state index contributed by atoms with van der Waals surface area (Å²) in [5.74, 6) is -1.75. The van der Waals surface area contributed by atoms with Gasteiger partial charge < -0.3 is 14.9 Å². The highest BCUT2D eigenvalue weighted by Crippen LogP contribution is 2.22. The maximum atomic E-state index is 13.6. The summed E-state index contributed by atoms with van der Waals surface area (Å²) >= 11 is 5.04. The summed E-state index contributed by atoms with van der Waals surface area (Å²) in [6.45, 7) is 1.60. The van der Waals surface area contributed by atoms with Crippen LogP contribution in [0.2, 0.25) is 0 Å². The van der Waals surface area contributed by atoms with E-state index < -0.39 is 17.7 Å². The van der Waals surface area contributed by atoms with Crippen LogP contribution >= 0.6 is 12.2 Å². The third-order valence-electron chi connectivity index (χ3n) is 2.76. The molecule has 18 heavy (non-hydrogen) atoms. The molecule has 0 aliphatic rings. The van der Waals surface area contributed by atoms with Gasteiger partial charge in [0, 0.05) is 13.1 Å². The molecule has 0 fully saturated rings. The number of hydrogen-bond acceptors (Lipinski definition) is 2. The fourth-order valence-electron chi connectivity index (χ4n) is 1.86. The van der Waals surface area contributed by atoms with E-state index in [9.17, 15) is 13.6 Å². The van der Waals surface area contributed by atoms with Gasteiger partial charge in [-0.3, -0.25) is 4.79 Å². The lowest BCUT2D eigenvalue weighted by Crippen LogP contribution is -2.27. The van der Waals surface area contributed by atoms with Crippen molar-refractivity contribution in [3.05, 3.63) is 28.5 Å². The fraction of sp³-hybridized carbons (Fsp3) is 0.273. The third kappa shape index (κ3) is 1.90. The topological polar surface area (TPSA) is 49.8 Å². The second kappa shape index (κ2) is 4.49. The number of H-pyrrole nitrogens is 1. The molecule has 1 aromatic carbocycles. The van der Waals surface area contributed by atoms with E-state index in [1.54, 1.807) is 6.92 Å². The number of nitrogens with one attached hydrogen (secondary N) is 2. The Morgan fingerprint density at radius 1 is 1.50 bits per heavy atom. The number of fused-ring (bicyclic) bond motifs is 1. The Kier molecular flexibility index (Phi) is 3.16. The lowest BCUT2D eigenvalue weighted by Gasteiger charge is -2.12. The minimum absolute atomic E-state index is 0.0946. The van der Waals surface area contributed by atoms with E-state index in [1.165, 1.54) is 11.6 Å². The molecule has 1 unspecified atom stereocenters. The predicted octanol–water partition coefficient (Wildman–Crippen LogP) is 2.28. The van der Waals surface area contributed by atoms with E-state index in [0.29, 0.717) is 0 Å². The van der Waals surface area contributed by atoms with Gasteiger partial charge >= 0.3 is 0 Å². The van der Waals surface area contributed by atoms with Gasteiger partial charge in [0.25, 0.3) is 0 Å². The Morgan fingerprint density at radius 3 is 2.78 bits per heavy atom. The molecule has 0 saturated heterocycles. The molecule has 7 heteroatoms. The molecular formula is C11H11F2N3OS. The minimum Gasteiger partial charge on any atom is -0.357 e. The molecule has 0 spiro atoms. The van der Waals surface area contributed by atoms with Gasteiger partial charge in [-0.1, -0.05) is 0 Å². The van der Waals surface area contributed by atoms with Crippen molar-refractivity contribution in [2.45, 2.75) is 13.0 Å². The number of aromatic amines is 1. The Bertz CT molecular complexity index is 677. The summed E-state index contributed by atoms with van der Waals surface area (Å²) in [5.41, 5.74) is 0.325. The quantitative estimate of drug-likeness (QED) is 0.823. The number of likely N-dealkylation sites (N-methyl/N-ethyl adjacent to an activating group) is 1. The van der Waals surface area contributed by atoms with Gasteiger partial charge in [0.1, 0.15) is 17.4 Å².